The predicted octanol–water partition coefficient (Wildman–Crippen LogP) is 2.71. The molecule has 0 aromatic heterocycles. The molecule has 0 bridgehead atoms. The lowest BCUT2D eigenvalue weighted by molar-refractivity contribution is 0.0952. The van der Waals surface area contributed by atoms with Crippen LogP contribution in [0.15, 0.2) is 18.2 Å². The van der Waals surface area contributed by atoms with Gasteiger partial charge in [-0.3, -0.25) is 4.79 Å². The van der Waals surface area contributed by atoms with Gasteiger partial charge in [0.05, 0.1) is 0 Å². The van der Waals surface area contributed by atoms with Crippen LogP contribution in [0.5, 0.6) is 0 Å². The molecule has 1 aromatic rings. The summed E-state index contributed by atoms with van der Waals surface area (Å²) in [5, 5.41) is 2.53. The summed E-state index contributed by atoms with van der Waals surface area (Å²) in [5.74, 6) is -2.43. The van der Waals surface area contributed by atoms with Crippen molar-refractivity contribution in [3.05, 3.63) is 35.4 Å². The Hall–Kier alpha value is -1.16. The van der Waals surface area contributed by atoms with E-state index in [-0.39, 0.29) is 10.9 Å². The molecule has 0 saturated carbocycles. The van der Waals surface area contributed by atoms with Crippen molar-refractivity contribution in [2.75, 3.05) is 6.54 Å². The quantitative estimate of drug-likeness (QED) is 0.815. The maximum Gasteiger partial charge on any atom is 0.251 e. The van der Waals surface area contributed by atoms with Crippen molar-refractivity contribution in [1.29, 1.82) is 0 Å². The number of carbonyl (C=O) groups is 1. The highest BCUT2D eigenvalue weighted by Crippen LogP contribution is 2.08. The summed E-state index contributed by atoms with van der Waals surface area (Å²) in [6.45, 7) is 2.22. The van der Waals surface area contributed by atoms with Gasteiger partial charge in [-0.2, -0.15) is 0 Å². The van der Waals surface area contributed by atoms with Gasteiger partial charge in [0.15, 0.2) is 11.6 Å². The van der Waals surface area contributed by atoms with E-state index in [4.69, 9.17) is 11.6 Å². The molecule has 0 saturated heterocycles. The first-order chi connectivity index (χ1) is 7.50. The fourth-order valence-electron chi connectivity index (χ4n) is 1.12. The van der Waals surface area contributed by atoms with Gasteiger partial charge < -0.3 is 5.32 Å². The summed E-state index contributed by atoms with van der Waals surface area (Å²) in [6, 6.07) is 3.03. The van der Waals surface area contributed by atoms with Crippen LogP contribution in [0.25, 0.3) is 0 Å². The molecule has 0 spiro atoms. The second-order valence-corrected chi connectivity index (χ2v) is 4.20. The van der Waals surface area contributed by atoms with Crippen LogP contribution in [0.4, 0.5) is 8.78 Å². The molecule has 0 fully saturated rings. The van der Waals surface area contributed by atoms with Gasteiger partial charge in [0.25, 0.3) is 5.91 Å². The minimum absolute atomic E-state index is 0.0368. The van der Waals surface area contributed by atoms with E-state index in [0.29, 0.717) is 13.0 Å². The molecule has 2 nitrogen and oxygen atoms in total. The first-order valence-electron chi connectivity index (χ1n) is 4.88. The van der Waals surface area contributed by atoms with Crippen molar-refractivity contribution >= 4 is 17.5 Å². The van der Waals surface area contributed by atoms with Crippen LogP contribution in [0.2, 0.25) is 0 Å². The molecule has 1 rings (SSSR count). The van der Waals surface area contributed by atoms with Gasteiger partial charge in [-0.25, -0.2) is 8.78 Å². The summed E-state index contributed by atoms with van der Waals surface area (Å²) in [5.41, 5.74) is 0.0983. The van der Waals surface area contributed by atoms with Gasteiger partial charge in [-0.05, 0) is 31.5 Å². The number of benzene rings is 1. The molecular weight excluding hydrogens is 236 g/mol. The van der Waals surface area contributed by atoms with Crippen molar-refractivity contribution in [1.82, 2.24) is 5.32 Å². The summed E-state index contributed by atoms with van der Waals surface area (Å²) in [4.78, 5) is 11.4. The van der Waals surface area contributed by atoms with Crippen LogP contribution in [-0.2, 0) is 0 Å². The maximum atomic E-state index is 12.8. The third kappa shape index (κ3) is 3.77. The van der Waals surface area contributed by atoms with E-state index in [2.05, 4.69) is 5.32 Å². The average molecular weight is 248 g/mol. The fourth-order valence-corrected chi connectivity index (χ4v) is 1.23. The summed E-state index contributed by atoms with van der Waals surface area (Å²) < 4.78 is 25.4. The average Bonchev–Trinajstić information content (AvgIpc) is 2.21. The molecule has 88 valence electrons. The number of rotatable bonds is 4. The normalized spacial score (nSPS) is 12.2. The van der Waals surface area contributed by atoms with Crippen LogP contribution >= 0.6 is 11.6 Å². The second kappa shape index (κ2) is 5.80. The topological polar surface area (TPSA) is 29.1 Å². The molecule has 0 aliphatic heterocycles. The Labute approximate surface area is 97.6 Å². The molecular formula is C11H12ClF2NO. The van der Waals surface area contributed by atoms with E-state index in [1.54, 1.807) is 0 Å². The SMILES string of the molecule is CC(Cl)CCNC(=O)c1ccc(F)c(F)c1. The predicted molar refractivity (Wildman–Crippen MR) is 58.6 cm³/mol. The van der Waals surface area contributed by atoms with E-state index in [9.17, 15) is 13.6 Å². The van der Waals surface area contributed by atoms with Crippen LogP contribution in [-0.4, -0.2) is 17.8 Å². The van der Waals surface area contributed by atoms with E-state index in [1.165, 1.54) is 6.07 Å². The van der Waals surface area contributed by atoms with Gasteiger partial charge in [0.1, 0.15) is 0 Å². The molecule has 1 aromatic carbocycles. The van der Waals surface area contributed by atoms with Gasteiger partial charge >= 0.3 is 0 Å². The molecule has 0 radical (unpaired) electrons. The summed E-state index contributed by atoms with van der Waals surface area (Å²) >= 11 is 5.69. The Morgan fingerprint density at radius 1 is 1.44 bits per heavy atom. The highest BCUT2D eigenvalue weighted by molar-refractivity contribution is 6.20. The summed E-state index contributed by atoms with van der Waals surface area (Å²) in [6.07, 6.45) is 0.622. The van der Waals surface area contributed by atoms with Gasteiger partial charge in [0, 0.05) is 17.5 Å². The molecule has 1 unspecified atom stereocenters. The first kappa shape index (κ1) is 12.9. The zero-order valence-corrected chi connectivity index (χ0v) is 9.52. The lowest BCUT2D eigenvalue weighted by Gasteiger charge is -2.06. The number of amides is 1. The smallest absolute Gasteiger partial charge is 0.251 e. The van der Waals surface area contributed by atoms with Crippen LogP contribution in [0, 0.1) is 11.6 Å². The number of nitrogens with one attached hydrogen (secondary N) is 1. The lowest BCUT2D eigenvalue weighted by Crippen LogP contribution is -2.25. The highest BCUT2D eigenvalue weighted by Gasteiger charge is 2.09. The molecule has 1 atom stereocenters. The van der Waals surface area contributed by atoms with E-state index in [0.717, 1.165) is 12.1 Å². The Bertz CT molecular complexity index is 382. The third-order valence-corrected chi connectivity index (χ3v) is 2.23. The summed E-state index contributed by atoms with van der Waals surface area (Å²) in [7, 11) is 0. The Kier molecular flexibility index (Phi) is 4.68. The number of carbonyl (C=O) groups excluding carboxylic acids is 1. The van der Waals surface area contributed by atoms with Gasteiger partial charge in [0.2, 0.25) is 0 Å². The lowest BCUT2D eigenvalue weighted by atomic mass is 10.2. The molecule has 5 heteroatoms. The fraction of sp³-hybridized carbons (Fsp3) is 0.364. The molecule has 0 heterocycles. The first-order valence-corrected chi connectivity index (χ1v) is 5.31. The molecule has 16 heavy (non-hydrogen) atoms. The molecule has 0 aliphatic carbocycles. The van der Waals surface area contributed by atoms with Crippen LogP contribution in [0.3, 0.4) is 0 Å². The van der Waals surface area contributed by atoms with Crippen molar-refractivity contribution in [2.45, 2.75) is 18.7 Å². The van der Waals surface area contributed by atoms with Gasteiger partial charge in [-0.15, -0.1) is 11.6 Å². The van der Waals surface area contributed by atoms with Gasteiger partial charge in [-0.1, -0.05) is 0 Å². The number of hydrogen-bond donors (Lipinski definition) is 1. The highest BCUT2D eigenvalue weighted by atomic mass is 35.5. The zero-order chi connectivity index (χ0) is 12.1. The van der Waals surface area contributed by atoms with Crippen molar-refractivity contribution in [3.63, 3.8) is 0 Å². The Morgan fingerprint density at radius 3 is 2.69 bits per heavy atom. The van der Waals surface area contributed by atoms with Crippen molar-refractivity contribution < 1.29 is 13.6 Å². The van der Waals surface area contributed by atoms with Crippen LogP contribution in [0.1, 0.15) is 23.7 Å². The Morgan fingerprint density at radius 2 is 2.12 bits per heavy atom. The second-order valence-electron chi connectivity index (χ2n) is 3.45. The number of alkyl halides is 1. The third-order valence-electron chi connectivity index (χ3n) is 2.01. The minimum Gasteiger partial charge on any atom is -0.352 e. The molecule has 1 amide bonds. The largest absolute Gasteiger partial charge is 0.352 e. The molecule has 0 aliphatic rings. The maximum absolute atomic E-state index is 12.8. The monoisotopic (exact) mass is 247 g/mol. The van der Waals surface area contributed by atoms with E-state index in [1.807, 2.05) is 6.92 Å². The minimum atomic E-state index is -1.03. The standard InChI is InChI=1S/C11H12ClF2NO/c1-7(12)4-5-15-11(16)8-2-3-9(13)10(14)6-8/h2-3,6-7H,4-5H2,1H3,(H,15,16). The number of hydrogen-bond acceptors (Lipinski definition) is 1. The zero-order valence-electron chi connectivity index (χ0n) is 8.77. The molecule has 1 N–H and O–H groups in total. The number of halogens is 3. The van der Waals surface area contributed by atoms with Crippen molar-refractivity contribution in [2.24, 2.45) is 0 Å². The van der Waals surface area contributed by atoms with E-state index >= 15 is 0 Å². The van der Waals surface area contributed by atoms with E-state index < -0.39 is 17.5 Å². The van der Waals surface area contributed by atoms with Crippen LogP contribution < -0.4 is 5.32 Å². The Balaban J connectivity index is 2.56. The van der Waals surface area contributed by atoms with Crippen molar-refractivity contribution in [3.8, 4) is 0 Å².